The Morgan fingerprint density at radius 3 is 2.30 bits per heavy atom. The minimum absolute atomic E-state index is 0.0932. The molecule has 0 fully saturated rings. The molecule has 0 radical (unpaired) electrons. The van der Waals surface area contributed by atoms with Gasteiger partial charge >= 0.3 is 0 Å². The van der Waals surface area contributed by atoms with E-state index in [9.17, 15) is 17.2 Å². The molecule has 0 atom stereocenters. The Labute approximate surface area is 159 Å². The zero-order valence-corrected chi connectivity index (χ0v) is 15.4. The van der Waals surface area contributed by atoms with Crippen LogP contribution in [-0.4, -0.2) is 18.2 Å². The van der Waals surface area contributed by atoms with E-state index in [0.29, 0.717) is 22.0 Å². The number of sulfonamides is 1. The Hall–Kier alpha value is -2.33. The Morgan fingerprint density at radius 2 is 1.78 bits per heavy atom. The summed E-state index contributed by atoms with van der Waals surface area (Å²) < 4.78 is 50.5. The van der Waals surface area contributed by atoms with Crippen LogP contribution in [-0.2, 0) is 16.6 Å². The fourth-order valence-electron chi connectivity index (χ4n) is 2.56. The average molecular weight is 413 g/mol. The van der Waals surface area contributed by atoms with E-state index in [2.05, 4.69) is 5.10 Å². The van der Waals surface area contributed by atoms with E-state index in [-0.39, 0.29) is 11.4 Å². The van der Waals surface area contributed by atoms with Crippen molar-refractivity contribution in [3.63, 3.8) is 0 Å². The van der Waals surface area contributed by atoms with Crippen LogP contribution in [0.4, 0.5) is 8.78 Å². The van der Waals surface area contributed by atoms with E-state index >= 15 is 0 Å². The molecular weight excluding hydrogens is 398 g/mol. The van der Waals surface area contributed by atoms with E-state index in [1.165, 1.54) is 35.0 Å². The van der Waals surface area contributed by atoms with Crippen LogP contribution in [0.3, 0.4) is 0 Å². The second-order valence-corrected chi connectivity index (χ2v) is 7.68. The van der Waals surface area contributed by atoms with Crippen LogP contribution in [0, 0.1) is 0 Å². The summed E-state index contributed by atoms with van der Waals surface area (Å²) in [6, 6.07) is 11.7. The number of aromatic nitrogens is 2. The first-order chi connectivity index (χ1) is 12.7. The van der Waals surface area contributed by atoms with Gasteiger partial charge in [-0.3, -0.25) is 0 Å². The van der Waals surface area contributed by atoms with Gasteiger partial charge in [0.25, 0.3) is 6.43 Å². The number of hydrogen-bond donors (Lipinski definition) is 2. The van der Waals surface area contributed by atoms with E-state index in [1.807, 2.05) is 0 Å². The molecule has 0 aliphatic rings. The van der Waals surface area contributed by atoms with Crippen LogP contribution in [0.5, 0.6) is 0 Å². The molecule has 0 aliphatic heterocycles. The van der Waals surface area contributed by atoms with Crippen LogP contribution in [0.25, 0.3) is 16.9 Å². The fraction of sp³-hybridized carbons (Fsp3) is 0.118. The number of rotatable bonds is 5. The molecule has 1 heterocycles. The Balaban J connectivity index is 2.14. The van der Waals surface area contributed by atoms with E-state index in [0.717, 1.165) is 5.56 Å². The molecular formula is C17H15ClF2N4O2S. The smallest absolute Gasteiger partial charge is 0.282 e. The predicted octanol–water partition coefficient (Wildman–Crippen LogP) is 3.24. The van der Waals surface area contributed by atoms with Crippen molar-refractivity contribution >= 4 is 21.6 Å². The predicted molar refractivity (Wildman–Crippen MR) is 98.2 cm³/mol. The molecule has 0 amide bonds. The molecule has 3 rings (SSSR count). The normalized spacial score (nSPS) is 11.9. The highest BCUT2D eigenvalue weighted by atomic mass is 35.5. The summed E-state index contributed by atoms with van der Waals surface area (Å²) in [5.74, 6) is 0. The first-order valence-corrected chi connectivity index (χ1v) is 9.63. The standard InChI is InChI=1S/C17H15ClF2N4O2S/c18-14-7-10(1-2-11(14)9-21)16-8-15(17(19)20)23-24(16)12-3-5-13(6-4-12)27(22,25)26/h1-8,17H,9,21H2,(H2,22,25,26). The number of nitrogens with two attached hydrogens (primary N) is 2. The van der Waals surface area contributed by atoms with Crippen molar-refractivity contribution in [2.75, 3.05) is 0 Å². The molecule has 0 saturated carbocycles. The third kappa shape index (κ3) is 4.01. The molecule has 142 valence electrons. The van der Waals surface area contributed by atoms with Gasteiger partial charge in [0.2, 0.25) is 10.0 Å². The molecule has 0 unspecified atom stereocenters. The third-order valence-corrected chi connectivity index (χ3v) is 5.21. The molecule has 4 N–H and O–H groups in total. The number of halogens is 3. The largest absolute Gasteiger partial charge is 0.326 e. The highest BCUT2D eigenvalue weighted by Crippen LogP contribution is 2.31. The fourth-order valence-corrected chi connectivity index (χ4v) is 3.33. The van der Waals surface area contributed by atoms with Gasteiger partial charge in [-0.2, -0.15) is 5.10 Å². The summed E-state index contributed by atoms with van der Waals surface area (Å²) in [5, 5.41) is 9.43. The molecule has 0 spiro atoms. The van der Waals surface area contributed by atoms with Gasteiger partial charge in [-0.1, -0.05) is 23.7 Å². The lowest BCUT2D eigenvalue weighted by Gasteiger charge is -2.10. The van der Waals surface area contributed by atoms with Gasteiger partial charge in [0.15, 0.2) is 0 Å². The monoisotopic (exact) mass is 412 g/mol. The van der Waals surface area contributed by atoms with Crippen LogP contribution in [0.2, 0.25) is 5.02 Å². The van der Waals surface area contributed by atoms with Crippen LogP contribution < -0.4 is 10.9 Å². The van der Waals surface area contributed by atoms with Gasteiger partial charge in [0.1, 0.15) is 5.69 Å². The topological polar surface area (TPSA) is 104 Å². The van der Waals surface area contributed by atoms with E-state index < -0.39 is 22.1 Å². The maximum absolute atomic E-state index is 13.2. The van der Waals surface area contributed by atoms with Crippen LogP contribution >= 0.6 is 11.6 Å². The zero-order chi connectivity index (χ0) is 19.8. The summed E-state index contributed by atoms with van der Waals surface area (Å²) in [6.07, 6.45) is -2.77. The average Bonchev–Trinajstić information content (AvgIpc) is 3.06. The van der Waals surface area contributed by atoms with Crippen molar-refractivity contribution in [2.45, 2.75) is 17.9 Å². The second kappa shape index (κ2) is 7.35. The zero-order valence-electron chi connectivity index (χ0n) is 13.8. The number of primary sulfonamides is 1. The first-order valence-electron chi connectivity index (χ1n) is 7.71. The molecule has 1 aromatic heterocycles. The van der Waals surface area contributed by atoms with Crippen molar-refractivity contribution in [3.8, 4) is 16.9 Å². The lowest BCUT2D eigenvalue weighted by molar-refractivity contribution is 0.145. The van der Waals surface area contributed by atoms with E-state index in [1.54, 1.807) is 18.2 Å². The lowest BCUT2D eigenvalue weighted by Crippen LogP contribution is -2.12. The molecule has 10 heteroatoms. The minimum atomic E-state index is -3.86. The first kappa shape index (κ1) is 19.4. The van der Waals surface area contributed by atoms with Crippen LogP contribution in [0.1, 0.15) is 17.7 Å². The van der Waals surface area contributed by atoms with Crippen molar-refractivity contribution in [2.24, 2.45) is 10.9 Å². The van der Waals surface area contributed by atoms with Gasteiger partial charge < -0.3 is 5.73 Å². The van der Waals surface area contributed by atoms with Gasteiger partial charge in [-0.15, -0.1) is 0 Å². The molecule has 3 aromatic rings. The second-order valence-electron chi connectivity index (χ2n) is 5.72. The molecule has 6 nitrogen and oxygen atoms in total. The number of alkyl halides is 2. The minimum Gasteiger partial charge on any atom is -0.326 e. The van der Waals surface area contributed by atoms with Gasteiger partial charge in [-0.25, -0.2) is 27.0 Å². The molecule has 2 aromatic carbocycles. The Morgan fingerprint density at radius 1 is 1.11 bits per heavy atom. The highest BCUT2D eigenvalue weighted by molar-refractivity contribution is 7.89. The summed E-state index contributed by atoms with van der Waals surface area (Å²) in [7, 11) is -3.86. The van der Waals surface area contributed by atoms with Crippen molar-refractivity contribution in [1.82, 2.24) is 9.78 Å². The van der Waals surface area contributed by atoms with Gasteiger partial charge in [0, 0.05) is 17.1 Å². The maximum atomic E-state index is 13.2. The SMILES string of the molecule is NCc1ccc(-c2cc(C(F)F)nn2-c2ccc(S(N)(=O)=O)cc2)cc1Cl. The quantitative estimate of drug-likeness (QED) is 0.671. The summed E-state index contributed by atoms with van der Waals surface area (Å²) in [5.41, 5.74) is 7.22. The molecule has 0 aliphatic carbocycles. The molecule has 0 bridgehead atoms. The third-order valence-electron chi connectivity index (χ3n) is 3.93. The van der Waals surface area contributed by atoms with Crippen molar-refractivity contribution in [1.29, 1.82) is 0 Å². The Kier molecular flexibility index (Phi) is 5.29. The van der Waals surface area contributed by atoms with Crippen LogP contribution in [0.15, 0.2) is 53.4 Å². The summed E-state index contributed by atoms with van der Waals surface area (Å²) in [6.45, 7) is 0.246. The highest BCUT2D eigenvalue weighted by Gasteiger charge is 2.19. The Bertz CT molecular complexity index is 1080. The molecule has 0 saturated heterocycles. The number of benzene rings is 2. The summed E-state index contributed by atoms with van der Waals surface area (Å²) >= 11 is 6.18. The van der Waals surface area contributed by atoms with Crippen molar-refractivity contribution < 1.29 is 17.2 Å². The van der Waals surface area contributed by atoms with Crippen molar-refractivity contribution in [3.05, 3.63) is 64.8 Å². The van der Waals surface area contributed by atoms with Gasteiger partial charge in [0.05, 0.1) is 16.3 Å². The lowest BCUT2D eigenvalue weighted by atomic mass is 10.1. The maximum Gasteiger partial charge on any atom is 0.282 e. The molecule has 27 heavy (non-hydrogen) atoms. The summed E-state index contributed by atoms with van der Waals surface area (Å²) in [4.78, 5) is -0.0932. The van der Waals surface area contributed by atoms with E-state index in [4.69, 9.17) is 22.5 Å². The number of hydrogen-bond acceptors (Lipinski definition) is 4. The van der Waals surface area contributed by atoms with Gasteiger partial charge in [-0.05, 0) is 42.0 Å². The number of nitrogens with zero attached hydrogens (tertiary/aromatic N) is 2.